The van der Waals surface area contributed by atoms with Gasteiger partial charge in [0.2, 0.25) is 0 Å². The lowest BCUT2D eigenvalue weighted by Gasteiger charge is -2.32. The van der Waals surface area contributed by atoms with E-state index in [1.165, 1.54) is 11.1 Å². The molecule has 4 heteroatoms. The Bertz CT molecular complexity index is 781. The fraction of sp³-hybridized carbons (Fsp3) is 0.381. The van der Waals surface area contributed by atoms with Gasteiger partial charge >= 0.3 is 0 Å². The summed E-state index contributed by atoms with van der Waals surface area (Å²) in [6.07, 6.45) is 1.15. The van der Waals surface area contributed by atoms with E-state index >= 15 is 0 Å². The van der Waals surface area contributed by atoms with Crippen molar-refractivity contribution in [2.24, 2.45) is 0 Å². The van der Waals surface area contributed by atoms with Gasteiger partial charge in [0.25, 0.3) is 0 Å². The minimum Gasteiger partial charge on any atom is -0.363 e. The van der Waals surface area contributed by atoms with Crippen molar-refractivity contribution in [3.63, 3.8) is 0 Å². The summed E-state index contributed by atoms with van der Waals surface area (Å²) in [5, 5.41) is 9.67. The summed E-state index contributed by atoms with van der Waals surface area (Å²) in [6.45, 7) is 8.52. The third kappa shape index (κ3) is 3.98. The van der Waals surface area contributed by atoms with E-state index in [1.807, 2.05) is 18.2 Å². The average Bonchev–Trinajstić information content (AvgIpc) is 3.10. The molecule has 0 aromatic heterocycles. The quantitative estimate of drug-likeness (QED) is 0.785. The number of hydrogen-bond donors (Lipinski definition) is 0. The molecule has 0 N–H and O–H groups in total. The maximum Gasteiger partial charge on any atom is 0.101 e. The molecule has 1 aliphatic heterocycles. The zero-order chi connectivity index (χ0) is 17.8. The van der Waals surface area contributed by atoms with Crippen molar-refractivity contribution < 1.29 is 0 Å². The van der Waals surface area contributed by atoms with Gasteiger partial charge in [0, 0.05) is 31.4 Å². The minimum atomic E-state index is 0.462. The Morgan fingerprint density at radius 1 is 1.28 bits per heavy atom. The van der Waals surface area contributed by atoms with Crippen molar-refractivity contribution >= 4 is 17.3 Å². The molecule has 25 heavy (non-hydrogen) atoms. The molecule has 3 nitrogen and oxygen atoms in total. The van der Waals surface area contributed by atoms with E-state index < -0.39 is 0 Å². The van der Waals surface area contributed by atoms with Crippen molar-refractivity contribution in [2.75, 3.05) is 24.5 Å². The fourth-order valence-corrected chi connectivity index (χ4v) is 3.75. The topological polar surface area (TPSA) is 30.3 Å². The van der Waals surface area contributed by atoms with Crippen LogP contribution in [0.25, 0.3) is 0 Å². The fourth-order valence-electron chi connectivity index (χ4n) is 3.53. The lowest BCUT2D eigenvalue weighted by molar-refractivity contribution is 0.351. The number of nitrogens with zero attached hydrogens (tertiary/aromatic N) is 3. The smallest absolute Gasteiger partial charge is 0.101 e. The summed E-state index contributed by atoms with van der Waals surface area (Å²) in [6, 6.07) is 16.9. The van der Waals surface area contributed by atoms with Crippen LogP contribution in [0.5, 0.6) is 0 Å². The Balaban J connectivity index is 1.93. The van der Waals surface area contributed by atoms with Gasteiger partial charge < -0.3 is 9.80 Å². The van der Waals surface area contributed by atoms with Crippen molar-refractivity contribution in [3.05, 3.63) is 64.2 Å². The first kappa shape index (κ1) is 17.8. The Hall–Kier alpha value is -2.02. The highest BCUT2D eigenvalue weighted by molar-refractivity contribution is 6.32. The monoisotopic (exact) mass is 353 g/mol. The van der Waals surface area contributed by atoms with Gasteiger partial charge in [-0.15, -0.1) is 0 Å². The first-order chi connectivity index (χ1) is 12.1. The van der Waals surface area contributed by atoms with Gasteiger partial charge in [-0.3, -0.25) is 0 Å². The molecule has 0 bridgehead atoms. The van der Waals surface area contributed by atoms with Gasteiger partial charge in [0.1, 0.15) is 6.07 Å². The number of aryl methyl sites for hydroxylation is 1. The SMILES string of the molecule is CCN1CC[C@H](N(Cc2ccccc2C)c2ccc(C#N)c(Cl)c2)C1. The number of likely N-dealkylation sites (N-methyl/N-ethyl adjacent to an activating group) is 1. The van der Waals surface area contributed by atoms with Gasteiger partial charge in [-0.05, 0) is 49.2 Å². The summed E-state index contributed by atoms with van der Waals surface area (Å²) < 4.78 is 0. The second-order valence-corrected chi connectivity index (χ2v) is 7.07. The van der Waals surface area contributed by atoms with Crippen LogP contribution in [0.3, 0.4) is 0 Å². The third-order valence-electron chi connectivity index (χ3n) is 5.14. The maximum atomic E-state index is 9.14. The number of rotatable bonds is 5. The van der Waals surface area contributed by atoms with Gasteiger partial charge in [-0.2, -0.15) is 5.26 Å². The standard InChI is InChI=1S/C21H24ClN3/c1-3-24-11-10-20(15-24)25(14-18-7-5-4-6-16(18)2)19-9-8-17(13-23)21(22)12-19/h4-9,12,20H,3,10-11,14-15H2,1-2H3/t20-/m0/s1. The van der Waals surface area contributed by atoms with Crippen LogP contribution in [0.2, 0.25) is 5.02 Å². The lowest BCUT2D eigenvalue weighted by atomic mass is 10.1. The molecule has 0 spiro atoms. The average molecular weight is 354 g/mol. The predicted molar refractivity (Wildman–Crippen MR) is 104 cm³/mol. The van der Waals surface area contributed by atoms with Crippen LogP contribution in [0, 0.1) is 18.3 Å². The van der Waals surface area contributed by atoms with E-state index in [0.29, 0.717) is 16.6 Å². The van der Waals surface area contributed by atoms with Crippen LogP contribution in [0.15, 0.2) is 42.5 Å². The van der Waals surface area contributed by atoms with Crippen LogP contribution in [-0.4, -0.2) is 30.6 Å². The lowest BCUT2D eigenvalue weighted by Crippen LogP contribution is -2.37. The molecule has 0 unspecified atom stereocenters. The summed E-state index contributed by atoms with van der Waals surface area (Å²) in [5.74, 6) is 0. The molecule has 1 atom stereocenters. The van der Waals surface area contributed by atoms with Crippen molar-refractivity contribution in [1.82, 2.24) is 4.90 Å². The normalized spacial score (nSPS) is 17.4. The van der Waals surface area contributed by atoms with Crippen molar-refractivity contribution in [2.45, 2.75) is 32.9 Å². The molecule has 130 valence electrons. The van der Waals surface area contributed by atoms with Crippen LogP contribution in [0.1, 0.15) is 30.0 Å². The zero-order valence-electron chi connectivity index (χ0n) is 14.9. The van der Waals surface area contributed by atoms with E-state index in [-0.39, 0.29) is 0 Å². The van der Waals surface area contributed by atoms with Gasteiger partial charge in [0.05, 0.1) is 10.6 Å². The Labute approximate surface area is 155 Å². The number of hydrogen-bond acceptors (Lipinski definition) is 3. The highest BCUT2D eigenvalue weighted by Gasteiger charge is 2.27. The number of anilines is 1. The molecule has 1 heterocycles. The van der Waals surface area contributed by atoms with Crippen molar-refractivity contribution in [1.29, 1.82) is 5.26 Å². The molecule has 0 saturated carbocycles. The van der Waals surface area contributed by atoms with Crippen LogP contribution >= 0.6 is 11.6 Å². The highest BCUT2D eigenvalue weighted by atomic mass is 35.5. The van der Waals surface area contributed by atoms with Gasteiger partial charge in [-0.25, -0.2) is 0 Å². The maximum absolute atomic E-state index is 9.14. The van der Waals surface area contributed by atoms with Crippen LogP contribution < -0.4 is 4.90 Å². The van der Waals surface area contributed by atoms with Gasteiger partial charge in [-0.1, -0.05) is 42.8 Å². The first-order valence-corrected chi connectivity index (χ1v) is 9.23. The van der Waals surface area contributed by atoms with E-state index in [1.54, 1.807) is 0 Å². The van der Waals surface area contributed by atoms with E-state index in [4.69, 9.17) is 16.9 Å². The van der Waals surface area contributed by atoms with E-state index in [2.05, 4.69) is 54.0 Å². The summed E-state index contributed by atoms with van der Waals surface area (Å²) >= 11 is 6.31. The second-order valence-electron chi connectivity index (χ2n) is 6.67. The van der Waals surface area contributed by atoms with Gasteiger partial charge in [0.15, 0.2) is 0 Å². The number of benzene rings is 2. The molecule has 0 amide bonds. The molecule has 1 fully saturated rings. The predicted octanol–water partition coefficient (Wildman–Crippen LogP) is 4.62. The molecule has 1 saturated heterocycles. The minimum absolute atomic E-state index is 0.462. The van der Waals surface area contributed by atoms with E-state index in [9.17, 15) is 0 Å². The number of likely N-dealkylation sites (tertiary alicyclic amines) is 1. The van der Waals surface area contributed by atoms with Crippen LogP contribution in [-0.2, 0) is 6.54 Å². The Morgan fingerprint density at radius 2 is 2.08 bits per heavy atom. The molecule has 2 aromatic carbocycles. The number of halogens is 1. The summed E-state index contributed by atoms with van der Waals surface area (Å²) in [7, 11) is 0. The number of nitriles is 1. The Morgan fingerprint density at radius 3 is 2.72 bits per heavy atom. The Kier molecular flexibility index (Phi) is 5.63. The molecular weight excluding hydrogens is 330 g/mol. The largest absolute Gasteiger partial charge is 0.363 e. The molecule has 0 radical (unpaired) electrons. The summed E-state index contributed by atoms with van der Waals surface area (Å²) in [5.41, 5.74) is 4.26. The molecule has 0 aliphatic carbocycles. The summed E-state index contributed by atoms with van der Waals surface area (Å²) in [4.78, 5) is 4.94. The second kappa shape index (κ2) is 7.91. The third-order valence-corrected chi connectivity index (χ3v) is 5.45. The molecule has 1 aliphatic rings. The molecule has 3 rings (SSSR count). The molecular formula is C21H24ClN3. The molecule has 2 aromatic rings. The van der Waals surface area contributed by atoms with Crippen molar-refractivity contribution in [3.8, 4) is 6.07 Å². The first-order valence-electron chi connectivity index (χ1n) is 8.85. The highest BCUT2D eigenvalue weighted by Crippen LogP contribution is 2.29. The van der Waals surface area contributed by atoms with Crippen LogP contribution in [0.4, 0.5) is 5.69 Å². The zero-order valence-corrected chi connectivity index (χ0v) is 15.6. The van der Waals surface area contributed by atoms with E-state index in [0.717, 1.165) is 38.3 Å².